The average molecular weight is 331 g/mol. The van der Waals surface area contributed by atoms with Crippen molar-refractivity contribution in [1.82, 2.24) is 10.2 Å². The normalized spacial score (nSPS) is 10.5. The van der Waals surface area contributed by atoms with Crippen LogP contribution < -0.4 is 9.47 Å². The van der Waals surface area contributed by atoms with Crippen LogP contribution in [0.15, 0.2) is 52.9 Å². The number of nitrogens with zero attached hydrogens (tertiary/aromatic N) is 2. The summed E-state index contributed by atoms with van der Waals surface area (Å²) in [5, 5.41) is 8.73. The van der Waals surface area contributed by atoms with Gasteiger partial charge in [-0.25, -0.2) is 0 Å². The van der Waals surface area contributed by atoms with Crippen LogP contribution in [0.2, 0.25) is 5.02 Å². The molecule has 2 aromatic carbocycles. The van der Waals surface area contributed by atoms with Crippen LogP contribution in [-0.2, 0) is 6.42 Å². The van der Waals surface area contributed by atoms with E-state index in [1.807, 2.05) is 36.4 Å². The maximum atomic E-state index is 5.86. The van der Waals surface area contributed by atoms with Crippen molar-refractivity contribution in [1.29, 1.82) is 0 Å². The van der Waals surface area contributed by atoms with E-state index in [-0.39, 0.29) is 0 Å². The van der Waals surface area contributed by atoms with Gasteiger partial charge in [-0.1, -0.05) is 23.7 Å². The number of hydrogen-bond acceptors (Lipinski definition) is 5. The summed E-state index contributed by atoms with van der Waals surface area (Å²) < 4.78 is 16.6. The molecule has 0 fully saturated rings. The molecule has 0 aliphatic carbocycles. The lowest BCUT2D eigenvalue weighted by molar-refractivity contribution is 0.287. The first-order valence-electron chi connectivity index (χ1n) is 7.10. The Bertz CT molecular complexity index is 772. The molecule has 23 heavy (non-hydrogen) atoms. The number of methoxy groups -OCH3 is 1. The minimum atomic E-state index is 0.419. The molecule has 0 radical (unpaired) electrons. The third-order valence-electron chi connectivity index (χ3n) is 3.20. The first kappa shape index (κ1) is 15.4. The molecule has 0 aliphatic rings. The smallest absolute Gasteiger partial charge is 0.247 e. The largest absolute Gasteiger partial charge is 0.493 e. The summed E-state index contributed by atoms with van der Waals surface area (Å²) >= 11 is 5.86. The highest BCUT2D eigenvalue weighted by Crippen LogP contribution is 2.26. The van der Waals surface area contributed by atoms with Gasteiger partial charge in [0, 0.05) is 10.6 Å². The number of para-hydroxylation sites is 2. The van der Waals surface area contributed by atoms with Crippen LogP contribution in [0, 0.1) is 0 Å². The second-order valence-electron chi connectivity index (χ2n) is 4.76. The van der Waals surface area contributed by atoms with Crippen LogP contribution in [0.1, 0.15) is 5.89 Å². The monoisotopic (exact) mass is 330 g/mol. The zero-order valence-electron chi connectivity index (χ0n) is 12.5. The summed E-state index contributed by atoms with van der Waals surface area (Å²) in [4.78, 5) is 0. The fraction of sp³-hybridized carbons (Fsp3) is 0.176. The third-order valence-corrected chi connectivity index (χ3v) is 3.45. The van der Waals surface area contributed by atoms with Crippen molar-refractivity contribution in [3.8, 4) is 23.0 Å². The predicted molar refractivity (Wildman–Crippen MR) is 86.9 cm³/mol. The van der Waals surface area contributed by atoms with Gasteiger partial charge in [-0.15, -0.1) is 10.2 Å². The molecule has 5 nitrogen and oxygen atoms in total. The molecular weight excluding hydrogens is 316 g/mol. The highest BCUT2D eigenvalue weighted by atomic mass is 35.5. The number of benzene rings is 2. The van der Waals surface area contributed by atoms with Gasteiger partial charge < -0.3 is 13.9 Å². The standard InChI is InChI=1S/C17H15ClN2O3/c1-21-14-4-2-3-5-15(14)22-11-10-16-19-20-17(23-16)12-6-8-13(18)9-7-12/h2-9H,10-11H2,1H3. The lowest BCUT2D eigenvalue weighted by atomic mass is 10.2. The maximum Gasteiger partial charge on any atom is 0.247 e. The molecule has 0 N–H and O–H groups in total. The Labute approximate surface area is 138 Å². The van der Waals surface area contributed by atoms with Crippen molar-refractivity contribution in [2.45, 2.75) is 6.42 Å². The Morgan fingerprint density at radius 1 is 1.00 bits per heavy atom. The SMILES string of the molecule is COc1ccccc1OCCc1nnc(-c2ccc(Cl)cc2)o1. The molecule has 0 unspecified atom stereocenters. The topological polar surface area (TPSA) is 57.4 Å². The summed E-state index contributed by atoms with van der Waals surface area (Å²) in [5.74, 6) is 2.37. The van der Waals surface area contributed by atoms with Crippen LogP contribution in [0.3, 0.4) is 0 Å². The Hall–Kier alpha value is -2.53. The molecule has 0 saturated carbocycles. The van der Waals surface area contributed by atoms with Gasteiger partial charge in [-0.3, -0.25) is 0 Å². The van der Waals surface area contributed by atoms with E-state index in [2.05, 4.69) is 10.2 Å². The van der Waals surface area contributed by atoms with Gasteiger partial charge in [-0.05, 0) is 36.4 Å². The molecule has 1 aromatic heterocycles. The second-order valence-corrected chi connectivity index (χ2v) is 5.19. The highest BCUT2D eigenvalue weighted by Gasteiger charge is 2.09. The Kier molecular flexibility index (Phi) is 4.78. The summed E-state index contributed by atoms with van der Waals surface area (Å²) in [5.41, 5.74) is 0.832. The van der Waals surface area contributed by atoms with Gasteiger partial charge in [0.1, 0.15) is 0 Å². The summed E-state index contributed by atoms with van der Waals surface area (Å²) in [6, 6.07) is 14.7. The molecule has 0 bridgehead atoms. The zero-order chi connectivity index (χ0) is 16.1. The summed E-state index contributed by atoms with van der Waals surface area (Å²) in [6.45, 7) is 0.419. The third kappa shape index (κ3) is 3.81. The van der Waals surface area contributed by atoms with E-state index in [0.717, 1.165) is 5.56 Å². The molecule has 0 saturated heterocycles. The molecule has 3 rings (SSSR count). The van der Waals surface area contributed by atoms with Crippen LogP contribution in [0.5, 0.6) is 11.5 Å². The van der Waals surface area contributed by atoms with Gasteiger partial charge in [0.05, 0.1) is 20.1 Å². The number of rotatable bonds is 6. The first-order valence-corrected chi connectivity index (χ1v) is 7.48. The zero-order valence-corrected chi connectivity index (χ0v) is 13.3. The fourth-order valence-electron chi connectivity index (χ4n) is 2.05. The van der Waals surface area contributed by atoms with Crippen LogP contribution >= 0.6 is 11.6 Å². The number of aromatic nitrogens is 2. The van der Waals surface area contributed by atoms with Crippen LogP contribution in [-0.4, -0.2) is 23.9 Å². The van der Waals surface area contributed by atoms with Gasteiger partial charge in [-0.2, -0.15) is 0 Å². The average Bonchev–Trinajstić information content (AvgIpc) is 3.05. The number of halogens is 1. The quantitative estimate of drug-likeness (QED) is 0.683. The van der Waals surface area contributed by atoms with E-state index in [0.29, 0.717) is 41.3 Å². The van der Waals surface area contributed by atoms with Crippen molar-refractivity contribution >= 4 is 11.6 Å². The molecule has 0 spiro atoms. The lowest BCUT2D eigenvalue weighted by Gasteiger charge is -2.08. The molecular formula is C17H15ClN2O3. The van der Waals surface area contributed by atoms with E-state index < -0.39 is 0 Å². The molecule has 0 aliphatic heterocycles. The number of ether oxygens (including phenoxy) is 2. The molecule has 3 aromatic rings. The van der Waals surface area contributed by atoms with E-state index in [1.54, 1.807) is 19.2 Å². The maximum absolute atomic E-state index is 5.86. The summed E-state index contributed by atoms with van der Waals surface area (Å²) in [6.07, 6.45) is 0.513. The number of hydrogen-bond donors (Lipinski definition) is 0. The first-order chi connectivity index (χ1) is 11.3. The minimum absolute atomic E-state index is 0.419. The Balaban J connectivity index is 1.60. The van der Waals surface area contributed by atoms with Crippen molar-refractivity contribution in [3.05, 3.63) is 59.4 Å². The van der Waals surface area contributed by atoms with Gasteiger partial charge >= 0.3 is 0 Å². The van der Waals surface area contributed by atoms with Crippen LogP contribution in [0.4, 0.5) is 0 Å². The fourth-order valence-corrected chi connectivity index (χ4v) is 2.18. The van der Waals surface area contributed by atoms with E-state index in [1.165, 1.54) is 0 Å². The molecule has 118 valence electrons. The van der Waals surface area contributed by atoms with Crippen molar-refractivity contribution in [2.24, 2.45) is 0 Å². The second kappa shape index (κ2) is 7.15. The van der Waals surface area contributed by atoms with Crippen LogP contribution in [0.25, 0.3) is 11.5 Å². The Morgan fingerprint density at radius 3 is 2.48 bits per heavy atom. The van der Waals surface area contributed by atoms with Gasteiger partial charge in [0.25, 0.3) is 0 Å². The summed E-state index contributed by atoms with van der Waals surface area (Å²) in [7, 11) is 1.61. The van der Waals surface area contributed by atoms with E-state index >= 15 is 0 Å². The van der Waals surface area contributed by atoms with E-state index in [4.69, 9.17) is 25.5 Å². The molecule has 0 amide bonds. The van der Waals surface area contributed by atoms with Gasteiger partial charge in [0.2, 0.25) is 11.8 Å². The molecule has 1 heterocycles. The highest BCUT2D eigenvalue weighted by molar-refractivity contribution is 6.30. The molecule has 6 heteroatoms. The predicted octanol–water partition coefficient (Wildman–Crippen LogP) is 4.02. The van der Waals surface area contributed by atoms with Crippen molar-refractivity contribution < 1.29 is 13.9 Å². The Morgan fingerprint density at radius 2 is 1.74 bits per heavy atom. The van der Waals surface area contributed by atoms with Crippen molar-refractivity contribution in [3.63, 3.8) is 0 Å². The van der Waals surface area contributed by atoms with Gasteiger partial charge in [0.15, 0.2) is 11.5 Å². The van der Waals surface area contributed by atoms with Crippen molar-refractivity contribution in [2.75, 3.05) is 13.7 Å². The lowest BCUT2D eigenvalue weighted by Crippen LogP contribution is -2.02. The van der Waals surface area contributed by atoms with E-state index in [9.17, 15) is 0 Å². The minimum Gasteiger partial charge on any atom is -0.493 e. The molecule has 0 atom stereocenters.